The lowest BCUT2D eigenvalue weighted by Crippen LogP contribution is -2.33. The van der Waals surface area contributed by atoms with E-state index < -0.39 is 5.97 Å². The molecule has 5 heteroatoms. The summed E-state index contributed by atoms with van der Waals surface area (Å²) in [7, 11) is 0. The van der Waals surface area contributed by atoms with Crippen LogP contribution in [-0.4, -0.2) is 36.7 Å². The normalized spacial score (nSPS) is 9.94. The third kappa shape index (κ3) is 8.21. The maximum Gasteiger partial charge on any atom is 0.329 e. The minimum Gasteiger partial charge on any atom is -0.480 e. The molecule has 96 valence electrons. The minimum atomic E-state index is -1.02. The molecule has 0 spiro atoms. The minimum absolute atomic E-state index is 0.0938. The number of ether oxygens (including phenoxy) is 1. The summed E-state index contributed by atoms with van der Waals surface area (Å²) in [4.78, 5) is 21.8. The van der Waals surface area contributed by atoms with E-state index in [-0.39, 0.29) is 25.0 Å². The number of carbonyl (C=O) groups is 2. The van der Waals surface area contributed by atoms with E-state index in [4.69, 9.17) is 9.84 Å². The van der Waals surface area contributed by atoms with Gasteiger partial charge in [0.25, 0.3) is 0 Å². The topological polar surface area (TPSA) is 75.6 Å². The van der Waals surface area contributed by atoms with Gasteiger partial charge in [0.2, 0.25) is 5.91 Å². The number of hydrogen-bond donors (Lipinski definition) is 2. The van der Waals surface area contributed by atoms with Crippen LogP contribution in [0.15, 0.2) is 25.3 Å². The summed E-state index contributed by atoms with van der Waals surface area (Å²) >= 11 is 0. The van der Waals surface area contributed by atoms with E-state index in [1.54, 1.807) is 12.2 Å². The lowest BCUT2D eigenvalue weighted by molar-refractivity contribution is -0.142. The Morgan fingerprint density at radius 1 is 1.29 bits per heavy atom. The van der Waals surface area contributed by atoms with Crippen molar-refractivity contribution in [2.45, 2.75) is 12.8 Å². The highest BCUT2D eigenvalue weighted by Gasteiger charge is 2.14. The van der Waals surface area contributed by atoms with Gasteiger partial charge < -0.3 is 15.2 Å². The quantitative estimate of drug-likeness (QED) is 0.441. The number of amides is 1. The van der Waals surface area contributed by atoms with Crippen LogP contribution >= 0.6 is 0 Å². The first-order chi connectivity index (χ1) is 8.11. The zero-order valence-corrected chi connectivity index (χ0v) is 9.85. The van der Waals surface area contributed by atoms with Crippen LogP contribution in [0.1, 0.15) is 12.8 Å². The Morgan fingerprint density at radius 3 is 2.35 bits per heavy atom. The molecule has 0 saturated heterocycles. The molecule has 0 aliphatic carbocycles. The van der Waals surface area contributed by atoms with Gasteiger partial charge in [-0.15, -0.1) is 13.2 Å². The number of carboxylic acid groups (broad SMARTS) is 1. The first-order valence-corrected chi connectivity index (χ1v) is 5.40. The summed E-state index contributed by atoms with van der Waals surface area (Å²) in [5, 5.41) is 11.0. The van der Waals surface area contributed by atoms with Gasteiger partial charge in [0, 0.05) is 12.5 Å². The van der Waals surface area contributed by atoms with Gasteiger partial charge in [-0.2, -0.15) is 0 Å². The number of carbonyl (C=O) groups excluding carboxylic acids is 1. The van der Waals surface area contributed by atoms with Crippen molar-refractivity contribution in [2.24, 2.45) is 5.92 Å². The molecule has 0 saturated carbocycles. The predicted molar refractivity (Wildman–Crippen MR) is 64.6 cm³/mol. The van der Waals surface area contributed by atoms with Crippen LogP contribution in [-0.2, 0) is 14.3 Å². The molecular weight excluding hydrogens is 222 g/mol. The second-order valence-electron chi connectivity index (χ2n) is 3.48. The van der Waals surface area contributed by atoms with Crippen molar-refractivity contribution < 1.29 is 19.4 Å². The third-order valence-corrected chi connectivity index (χ3v) is 2.04. The predicted octanol–water partition coefficient (Wildman–Crippen LogP) is 0.972. The van der Waals surface area contributed by atoms with Crippen molar-refractivity contribution >= 4 is 11.9 Å². The molecule has 5 nitrogen and oxygen atoms in total. The molecule has 0 radical (unpaired) electrons. The molecule has 0 aromatic heterocycles. The summed E-state index contributed by atoms with van der Waals surface area (Å²) in [5.74, 6) is -1.28. The van der Waals surface area contributed by atoms with Gasteiger partial charge in [0.05, 0.1) is 6.61 Å². The average molecular weight is 241 g/mol. The number of aliphatic carboxylic acids is 1. The van der Waals surface area contributed by atoms with E-state index in [0.717, 1.165) is 0 Å². The number of allylic oxidation sites excluding steroid dienone is 2. The summed E-state index contributed by atoms with van der Waals surface area (Å²) in [6.45, 7) is 7.32. The van der Waals surface area contributed by atoms with Crippen LogP contribution in [0.4, 0.5) is 0 Å². The molecule has 0 heterocycles. The Morgan fingerprint density at radius 2 is 1.88 bits per heavy atom. The van der Waals surface area contributed by atoms with Crippen molar-refractivity contribution in [3.05, 3.63) is 25.3 Å². The highest BCUT2D eigenvalue weighted by molar-refractivity contribution is 5.78. The number of rotatable bonds is 10. The Balaban J connectivity index is 3.77. The number of hydrogen-bond acceptors (Lipinski definition) is 3. The maximum absolute atomic E-state index is 11.6. The zero-order valence-electron chi connectivity index (χ0n) is 9.85. The third-order valence-electron chi connectivity index (χ3n) is 2.04. The van der Waals surface area contributed by atoms with Crippen LogP contribution in [0, 0.1) is 5.92 Å². The van der Waals surface area contributed by atoms with E-state index in [0.29, 0.717) is 19.4 Å². The summed E-state index contributed by atoms with van der Waals surface area (Å²) in [5.41, 5.74) is 0. The van der Waals surface area contributed by atoms with Crippen LogP contribution in [0.3, 0.4) is 0 Å². The Hall–Kier alpha value is -1.62. The van der Waals surface area contributed by atoms with Crippen molar-refractivity contribution in [3.63, 3.8) is 0 Å². The van der Waals surface area contributed by atoms with E-state index in [2.05, 4.69) is 18.5 Å². The van der Waals surface area contributed by atoms with Crippen molar-refractivity contribution in [1.29, 1.82) is 0 Å². The largest absolute Gasteiger partial charge is 0.480 e. The van der Waals surface area contributed by atoms with E-state index in [1.165, 1.54) is 0 Å². The van der Waals surface area contributed by atoms with Crippen LogP contribution < -0.4 is 5.32 Å². The molecule has 2 N–H and O–H groups in total. The Labute approximate surface area is 101 Å². The standard InChI is InChI=1S/C12H19NO4/c1-3-5-10(6-4-2)12(16)13-7-8-17-9-11(14)15/h3-4,10H,1-2,5-9H2,(H,13,16)(H,14,15). The van der Waals surface area contributed by atoms with E-state index in [1.807, 2.05) is 0 Å². The molecule has 0 aromatic rings. The highest BCUT2D eigenvalue weighted by Crippen LogP contribution is 2.09. The first-order valence-electron chi connectivity index (χ1n) is 5.40. The Kier molecular flexibility index (Phi) is 8.68. The van der Waals surface area contributed by atoms with Gasteiger partial charge in [-0.3, -0.25) is 4.79 Å². The lowest BCUT2D eigenvalue weighted by atomic mass is 10.0. The fourth-order valence-corrected chi connectivity index (χ4v) is 1.26. The zero-order chi connectivity index (χ0) is 13.1. The molecule has 17 heavy (non-hydrogen) atoms. The molecule has 1 amide bonds. The molecule has 0 atom stereocenters. The van der Waals surface area contributed by atoms with Gasteiger partial charge >= 0.3 is 5.97 Å². The molecular formula is C12H19NO4. The second-order valence-corrected chi connectivity index (χ2v) is 3.48. The molecule has 0 fully saturated rings. The molecule has 0 aromatic carbocycles. The fraction of sp³-hybridized carbons (Fsp3) is 0.500. The maximum atomic E-state index is 11.6. The smallest absolute Gasteiger partial charge is 0.329 e. The average Bonchev–Trinajstić information content (AvgIpc) is 2.27. The van der Waals surface area contributed by atoms with Crippen molar-refractivity contribution in [2.75, 3.05) is 19.8 Å². The molecule has 0 unspecified atom stereocenters. The molecule has 0 rings (SSSR count). The number of nitrogens with one attached hydrogen (secondary N) is 1. The second kappa shape index (κ2) is 9.59. The first kappa shape index (κ1) is 15.4. The van der Waals surface area contributed by atoms with Crippen molar-refractivity contribution in [3.8, 4) is 0 Å². The van der Waals surface area contributed by atoms with Gasteiger partial charge in [0.15, 0.2) is 0 Å². The summed E-state index contributed by atoms with van der Waals surface area (Å²) in [6.07, 6.45) is 4.56. The van der Waals surface area contributed by atoms with E-state index >= 15 is 0 Å². The highest BCUT2D eigenvalue weighted by atomic mass is 16.5. The number of carboxylic acids is 1. The Bertz CT molecular complexity index is 266. The summed E-state index contributed by atoms with van der Waals surface area (Å²) in [6, 6.07) is 0. The van der Waals surface area contributed by atoms with E-state index in [9.17, 15) is 9.59 Å². The van der Waals surface area contributed by atoms with Crippen LogP contribution in [0.2, 0.25) is 0 Å². The molecule has 0 aliphatic rings. The fourth-order valence-electron chi connectivity index (χ4n) is 1.26. The van der Waals surface area contributed by atoms with Gasteiger partial charge in [-0.05, 0) is 12.8 Å². The lowest BCUT2D eigenvalue weighted by Gasteiger charge is -2.13. The SMILES string of the molecule is C=CCC(CC=C)C(=O)NCCOCC(=O)O. The molecule has 0 aliphatic heterocycles. The van der Waals surface area contributed by atoms with Crippen LogP contribution in [0.25, 0.3) is 0 Å². The van der Waals surface area contributed by atoms with Gasteiger partial charge in [-0.25, -0.2) is 4.79 Å². The monoisotopic (exact) mass is 241 g/mol. The van der Waals surface area contributed by atoms with Crippen LogP contribution in [0.5, 0.6) is 0 Å². The molecule has 0 bridgehead atoms. The van der Waals surface area contributed by atoms with Gasteiger partial charge in [-0.1, -0.05) is 12.2 Å². The summed E-state index contributed by atoms with van der Waals surface area (Å²) < 4.78 is 4.79. The van der Waals surface area contributed by atoms with Crippen molar-refractivity contribution in [1.82, 2.24) is 5.32 Å². The van der Waals surface area contributed by atoms with Gasteiger partial charge in [0.1, 0.15) is 6.61 Å².